The van der Waals surface area contributed by atoms with Crippen LogP contribution >= 0.6 is 23.4 Å². The first-order valence-corrected chi connectivity index (χ1v) is 11.1. The Balaban J connectivity index is 1.33. The van der Waals surface area contributed by atoms with Crippen LogP contribution in [0.4, 0.5) is 18.0 Å². The lowest BCUT2D eigenvalue weighted by Gasteiger charge is -2.32. The minimum absolute atomic E-state index is 0.156. The first-order chi connectivity index (χ1) is 15.3. The summed E-state index contributed by atoms with van der Waals surface area (Å²) in [7, 11) is 0. The van der Waals surface area contributed by atoms with Crippen molar-refractivity contribution in [3.05, 3.63) is 70.6 Å². The molecule has 11 heteroatoms. The molecule has 1 aromatic heterocycles. The molecule has 1 atom stereocenters. The van der Waals surface area contributed by atoms with Crippen molar-refractivity contribution in [2.24, 2.45) is 0 Å². The van der Waals surface area contributed by atoms with E-state index in [-0.39, 0.29) is 23.7 Å². The minimum atomic E-state index is -4.69. The van der Waals surface area contributed by atoms with Crippen molar-refractivity contribution in [1.29, 1.82) is 0 Å². The van der Waals surface area contributed by atoms with Gasteiger partial charge in [0.2, 0.25) is 5.89 Å². The summed E-state index contributed by atoms with van der Waals surface area (Å²) in [4.78, 5) is 14.4. The summed E-state index contributed by atoms with van der Waals surface area (Å²) in [6.07, 6.45) is -4.69. The molecule has 1 fully saturated rings. The second-order valence-corrected chi connectivity index (χ2v) is 8.87. The van der Waals surface area contributed by atoms with E-state index in [0.29, 0.717) is 23.7 Å². The molecule has 0 bridgehead atoms. The molecule has 6 nitrogen and oxygen atoms in total. The number of urea groups is 1. The number of nitrogens with zero attached hydrogens (tertiary/aromatic N) is 3. The number of thioether (sulfide) groups is 1. The summed E-state index contributed by atoms with van der Waals surface area (Å²) in [5.41, 5.74) is 2.24. The Hall–Kier alpha value is -2.72. The summed E-state index contributed by atoms with van der Waals surface area (Å²) < 4.78 is 42.5. The number of hydrogen-bond donors (Lipinski definition) is 1. The number of halogens is 4. The van der Waals surface area contributed by atoms with Gasteiger partial charge in [0.1, 0.15) is 0 Å². The molecule has 0 radical (unpaired) electrons. The highest BCUT2D eigenvalue weighted by Crippen LogP contribution is 2.34. The Morgan fingerprint density at radius 3 is 2.69 bits per heavy atom. The zero-order valence-electron chi connectivity index (χ0n) is 16.6. The van der Waals surface area contributed by atoms with Crippen molar-refractivity contribution in [3.63, 3.8) is 0 Å². The van der Waals surface area contributed by atoms with Crippen LogP contribution in [0, 0.1) is 0 Å². The Morgan fingerprint density at radius 2 is 2.00 bits per heavy atom. The number of hydrogen-bond acceptors (Lipinski definition) is 5. The molecule has 0 saturated carbocycles. The molecule has 1 aliphatic rings. The number of aromatic nitrogens is 2. The molecule has 2 amide bonds. The highest BCUT2D eigenvalue weighted by molar-refractivity contribution is 7.99. The van der Waals surface area contributed by atoms with Crippen LogP contribution in [0.3, 0.4) is 0 Å². The summed E-state index contributed by atoms with van der Waals surface area (Å²) in [5, 5.41) is 10.2. The van der Waals surface area contributed by atoms with E-state index >= 15 is 0 Å². The fourth-order valence-electron chi connectivity index (χ4n) is 3.25. The van der Waals surface area contributed by atoms with E-state index in [1.807, 2.05) is 24.3 Å². The lowest BCUT2D eigenvalue weighted by molar-refractivity contribution is -0.156. The average molecular weight is 483 g/mol. The van der Waals surface area contributed by atoms with Gasteiger partial charge in [-0.25, -0.2) is 4.79 Å². The molecule has 2 heterocycles. The van der Waals surface area contributed by atoms with Crippen LogP contribution in [0.2, 0.25) is 5.02 Å². The fraction of sp³-hybridized carbons (Fsp3) is 0.286. The number of amides is 2. The van der Waals surface area contributed by atoms with Gasteiger partial charge in [-0.05, 0) is 35.4 Å². The zero-order chi connectivity index (χ0) is 22.7. The van der Waals surface area contributed by atoms with E-state index in [4.69, 9.17) is 11.6 Å². The smallest absolute Gasteiger partial charge is 0.413 e. The molecule has 168 valence electrons. The van der Waals surface area contributed by atoms with Crippen LogP contribution in [0.1, 0.15) is 22.3 Å². The number of benzene rings is 2. The maximum absolute atomic E-state index is 12.6. The molecule has 4 rings (SSSR count). The van der Waals surface area contributed by atoms with Crippen LogP contribution in [-0.4, -0.2) is 40.0 Å². The van der Waals surface area contributed by atoms with E-state index in [2.05, 4.69) is 19.9 Å². The summed E-state index contributed by atoms with van der Waals surface area (Å²) in [5.74, 6) is -0.783. The Morgan fingerprint density at radius 1 is 1.22 bits per heavy atom. The first kappa shape index (κ1) is 22.5. The topological polar surface area (TPSA) is 71.3 Å². The Bertz CT molecular complexity index is 1090. The third-order valence-electron chi connectivity index (χ3n) is 4.89. The van der Waals surface area contributed by atoms with Crippen molar-refractivity contribution in [2.45, 2.75) is 18.0 Å². The molecule has 1 aliphatic heterocycles. The third-order valence-corrected chi connectivity index (χ3v) is 6.36. The van der Waals surface area contributed by atoms with Crippen LogP contribution < -0.4 is 5.32 Å². The summed E-state index contributed by atoms with van der Waals surface area (Å²) in [6.45, 7) is 1.50. The quantitative estimate of drug-likeness (QED) is 0.538. The molecule has 0 spiro atoms. The summed E-state index contributed by atoms with van der Waals surface area (Å²) in [6, 6.07) is 14.0. The van der Waals surface area contributed by atoms with Crippen LogP contribution in [0.15, 0.2) is 52.9 Å². The van der Waals surface area contributed by atoms with Crippen molar-refractivity contribution < 1.29 is 22.4 Å². The van der Waals surface area contributed by atoms with Gasteiger partial charge in [0.15, 0.2) is 0 Å². The van der Waals surface area contributed by atoms with E-state index < -0.39 is 12.1 Å². The predicted octanol–water partition coefficient (Wildman–Crippen LogP) is 5.41. The molecule has 32 heavy (non-hydrogen) atoms. The number of alkyl halides is 3. The second-order valence-electron chi connectivity index (χ2n) is 7.13. The summed E-state index contributed by atoms with van der Waals surface area (Å²) >= 11 is 7.88. The lowest BCUT2D eigenvalue weighted by atomic mass is 10.1. The molecule has 0 aliphatic carbocycles. The highest BCUT2D eigenvalue weighted by Gasteiger charge is 2.38. The van der Waals surface area contributed by atoms with Crippen molar-refractivity contribution in [2.75, 3.05) is 18.8 Å². The van der Waals surface area contributed by atoms with Crippen molar-refractivity contribution >= 4 is 29.4 Å². The van der Waals surface area contributed by atoms with Gasteiger partial charge in [-0.15, -0.1) is 10.2 Å². The average Bonchev–Trinajstić information content (AvgIpc) is 3.29. The molecular weight excluding hydrogens is 465 g/mol. The van der Waals surface area contributed by atoms with Crippen molar-refractivity contribution in [1.82, 2.24) is 20.4 Å². The van der Waals surface area contributed by atoms with Gasteiger partial charge in [0.05, 0.1) is 0 Å². The van der Waals surface area contributed by atoms with Gasteiger partial charge < -0.3 is 14.6 Å². The first-order valence-electron chi connectivity index (χ1n) is 9.69. The normalized spacial score (nSPS) is 16.8. The van der Waals surface area contributed by atoms with Crippen LogP contribution in [-0.2, 0) is 12.7 Å². The van der Waals surface area contributed by atoms with Gasteiger partial charge in [0.25, 0.3) is 0 Å². The van der Waals surface area contributed by atoms with Gasteiger partial charge in [-0.2, -0.15) is 24.9 Å². The third kappa shape index (κ3) is 5.36. The largest absolute Gasteiger partial charge is 0.470 e. The maximum Gasteiger partial charge on any atom is 0.470 e. The SMILES string of the molecule is O=C(NCc1ccc(-c2nnc(C(F)(F)F)o2)cc1)N1CCSC(c2cccc(Cl)c2)C1. The number of carbonyl (C=O) groups is 1. The van der Waals surface area contributed by atoms with E-state index in [0.717, 1.165) is 16.9 Å². The van der Waals surface area contributed by atoms with E-state index in [9.17, 15) is 18.0 Å². The number of carbonyl (C=O) groups excluding carboxylic acids is 1. The van der Waals surface area contributed by atoms with Gasteiger partial charge in [-0.3, -0.25) is 0 Å². The molecular formula is C21H18ClF3N4O2S. The number of nitrogens with one attached hydrogen (secondary N) is 1. The van der Waals surface area contributed by atoms with Gasteiger partial charge in [-0.1, -0.05) is 35.9 Å². The monoisotopic (exact) mass is 482 g/mol. The molecule has 3 aromatic rings. The predicted molar refractivity (Wildman–Crippen MR) is 115 cm³/mol. The van der Waals surface area contributed by atoms with Crippen LogP contribution in [0.5, 0.6) is 0 Å². The Kier molecular flexibility index (Phi) is 6.61. The molecule has 1 saturated heterocycles. The minimum Gasteiger partial charge on any atom is -0.413 e. The Labute approximate surface area is 191 Å². The number of rotatable bonds is 4. The van der Waals surface area contributed by atoms with Crippen LogP contribution in [0.25, 0.3) is 11.5 Å². The van der Waals surface area contributed by atoms with Gasteiger partial charge >= 0.3 is 18.1 Å². The lowest BCUT2D eigenvalue weighted by Crippen LogP contribution is -2.44. The molecule has 1 N–H and O–H groups in total. The highest BCUT2D eigenvalue weighted by atomic mass is 35.5. The van der Waals surface area contributed by atoms with E-state index in [1.165, 1.54) is 0 Å². The fourth-order valence-corrected chi connectivity index (χ4v) is 4.68. The standard InChI is InChI=1S/C21H18ClF3N4O2S/c22-16-3-1-2-15(10-16)17-12-29(8-9-32-17)20(30)26-11-13-4-6-14(7-5-13)18-27-28-19(31-18)21(23,24)25/h1-7,10,17H,8-9,11-12H2,(H,26,30). The van der Waals surface area contributed by atoms with Gasteiger partial charge in [0, 0.05) is 41.2 Å². The molecule has 2 aromatic carbocycles. The zero-order valence-corrected chi connectivity index (χ0v) is 18.2. The van der Waals surface area contributed by atoms with Crippen molar-refractivity contribution in [3.8, 4) is 11.5 Å². The molecule has 1 unspecified atom stereocenters. The van der Waals surface area contributed by atoms with E-state index in [1.54, 1.807) is 40.9 Å². The second kappa shape index (κ2) is 9.41. The maximum atomic E-state index is 12.6.